The van der Waals surface area contributed by atoms with Crippen LogP contribution in [0.1, 0.15) is 26.3 Å². The number of aliphatic hydroxyl groups is 1. The number of hydrogen-bond donors (Lipinski definition) is 1. The number of carbonyl (C=O) groups is 3. The van der Waals surface area contributed by atoms with Crippen molar-refractivity contribution in [1.82, 2.24) is 0 Å². The second-order valence-corrected chi connectivity index (χ2v) is 7.58. The third-order valence-corrected chi connectivity index (χ3v) is 5.45. The lowest BCUT2D eigenvalue weighted by Crippen LogP contribution is -2.40. The second-order valence-electron chi connectivity index (χ2n) is 7.58. The molecule has 7 heteroatoms. The lowest BCUT2D eigenvalue weighted by Gasteiger charge is -2.29. The van der Waals surface area contributed by atoms with Gasteiger partial charge in [0.05, 0.1) is 17.1 Å². The van der Waals surface area contributed by atoms with Crippen molar-refractivity contribution in [3.63, 3.8) is 0 Å². The molecule has 7 nitrogen and oxygen atoms in total. The smallest absolute Gasteiger partial charge is 0.265 e. The fourth-order valence-electron chi connectivity index (χ4n) is 3.94. The molecule has 1 aliphatic rings. The Balaban J connectivity index is 1.89. The molecule has 3 amide bonds. The molecule has 160 valence electrons. The molecule has 0 aromatic heterocycles. The molecule has 0 aliphatic carbocycles. The van der Waals surface area contributed by atoms with Crippen molar-refractivity contribution in [2.75, 3.05) is 42.4 Å². The van der Waals surface area contributed by atoms with Gasteiger partial charge in [-0.1, -0.05) is 24.0 Å². The van der Waals surface area contributed by atoms with E-state index in [1.807, 2.05) is 25.1 Å². The van der Waals surface area contributed by atoms with Gasteiger partial charge in [0.15, 0.2) is 0 Å². The Morgan fingerprint density at radius 1 is 0.969 bits per heavy atom. The van der Waals surface area contributed by atoms with E-state index in [-0.39, 0.29) is 6.61 Å². The van der Waals surface area contributed by atoms with E-state index in [9.17, 15) is 14.4 Å². The number of rotatable bonds is 4. The van der Waals surface area contributed by atoms with Gasteiger partial charge in [-0.2, -0.15) is 0 Å². The average molecular weight is 427 g/mol. The van der Waals surface area contributed by atoms with E-state index in [0.29, 0.717) is 50.9 Å². The number of nitrogens with zero attached hydrogens (tertiary/aromatic N) is 3. The van der Waals surface area contributed by atoms with Crippen LogP contribution in [0.4, 0.5) is 17.1 Å². The van der Waals surface area contributed by atoms with Crippen molar-refractivity contribution in [2.24, 2.45) is 0 Å². The van der Waals surface area contributed by atoms with Crippen LogP contribution >= 0.6 is 0 Å². The van der Waals surface area contributed by atoms with Gasteiger partial charge in [-0.3, -0.25) is 14.4 Å². The summed E-state index contributed by atoms with van der Waals surface area (Å²) in [5, 5.41) is 10.3. The maximum atomic E-state index is 13.4. The number of anilines is 3. The van der Waals surface area contributed by atoms with Crippen LogP contribution in [-0.2, 0) is 4.79 Å². The Morgan fingerprint density at radius 2 is 1.69 bits per heavy atom. The highest BCUT2D eigenvalue weighted by Gasteiger charge is 2.34. The zero-order valence-electron chi connectivity index (χ0n) is 17.9. The van der Waals surface area contributed by atoms with Gasteiger partial charge in [-0.15, -0.1) is 0 Å². The van der Waals surface area contributed by atoms with Gasteiger partial charge in [-0.05, 0) is 41.8 Å². The summed E-state index contributed by atoms with van der Waals surface area (Å²) in [6.45, 7) is -0.280. The molecular formula is C25H21N3O4. The van der Waals surface area contributed by atoms with Crippen LogP contribution in [0.2, 0.25) is 0 Å². The fourth-order valence-corrected chi connectivity index (χ4v) is 3.94. The van der Waals surface area contributed by atoms with Crippen LogP contribution in [0, 0.1) is 11.8 Å². The number of aliphatic hydroxyl groups excluding tert-OH is 1. The lowest BCUT2D eigenvalue weighted by molar-refractivity contribution is -0.107. The largest absolute Gasteiger partial charge is 0.384 e. The first-order valence-corrected chi connectivity index (χ1v) is 9.92. The average Bonchev–Trinajstić information content (AvgIpc) is 2.80. The van der Waals surface area contributed by atoms with Crippen LogP contribution in [0.15, 0.2) is 48.5 Å². The molecular weight excluding hydrogens is 406 g/mol. The first-order chi connectivity index (χ1) is 15.4. The topological polar surface area (TPSA) is 81.2 Å². The molecule has 0 saturated carbocycles. The number of hydrogen-bond acceptors (Lipinski definition) is 5. The quantitative estimate of drug-likeness (QED) is 0.393. The predicted molar refractivity (Wildman–Crippen MR) is 124 cm³/mol. The molecule has 1 N–H and O–H groups in total. The highest BCUT2D eigenvalue weighted by atomic mass is 16.2. The molecule has 3 aromatic rings. The molecule has 0 unspecified atom stereocenters. The van der Waals surface area contributed by atoms with Crippen molar-refractivity contribution in [2.45, 2.75) is 0 Å². The molecule has 0 saturated heterocycles. The molecule has 1 heterocycles. The second kappa shape index (κ2) is 8.17. The number of amides is 3. The molecule has 1 aliphatic heterocycles. The van der Waals surface area contributed by atoms with E-state index in [4.69, 9.17) is 5.11 Å². The molecule has 32 heavy (non-hydrogen) atoms. The zero-order valence-corrected chi connectivity index (χ0v) is 17.9. The van der Waals surface area contributed by atoms with E-state index in [1.54, 1.807) is 49.5 Å². The van der Waals surface area contributed by atoms with E-state index in [0.717, 1.165) is 4.90 Å². The van der Waals surface area contributed by atoms with Crippen molar-refractivity contribution in [3.8, 4) is 11.8 Å². The van der Waals surface area contributed by atoms with Crippen LogP contribution in [0.5, 0.6) is 0 Å². The summed E-state index contributed by atoms with van der Waals surface area (Å²) in [7, 11) is 5.29. The Kier molecular flexibility index (Phi) is 5.39. The lowest BCUT2D eigenvalue weighted by atomic mass is 9.91. The minimum absolute atomic E-state index is 0.280. The molecule has 0 fully saturated rings. The number of imide groups is 1. The van der Waals surface area contributed by atoms with Gasteiger partial charge < -0.3 is 14.9 Å². The van der Waals surface area contributed by atoms with Crippen LogP contribution < -0.4 is 14.7 Å². The molecule has 0 atom stereocenters. The summed E-state index contributed by atoms with van der Waals surface area (Å²) < 4.78 is 0. The monoisotopic (exact) mass is 427 g/mol. The van der Waals surface area contributed by atoms with E-state index >= 15 is 0 Å². The summed E-state index contributed by atoms with van der Waals surface area (Å²) in [6.07, 6.45) is 0.702. The first-order valence-electron chi connectivity index (χ1n) is 9.92. The minimum atomic E-state index is -0.429. The van der Waals surface area contributed by atoms with E-state index in [2.05, 4.69) is 11.8 Å². The Bertz CT molecular complexity index is 1310. The zero-order chi connectivity index (χ0) is 23.0. The van der Waals surface area contributed by atoms with E-state index < -0.39 is 11.8 Å². The van der Waals surface area contributed by atoms with Crippen LogP contribution in [-0.4, -0.2) is 51.1 Å². The van der Waals surface area contributed by atoms with Gasteiger partial charge >= 0.3 is 0 Å². The highest BCUT2D eigenvalue weighted by molar-refractivity contribution is 6.36. The van der Waals surface area contributed by atoms with Gasteiger partial charge in [0.2, 0.25) is 6.41 Å². The number of benzene rings is 3. The highest BCUT2D eigenvalue weighted by Crippen LogP contribution is 2.37. The third-order valence-electron chi connectivity index (χ3n) is 5.45. The van der Waals surface area contributed by atoms with Crippen molar-refractivity contribution >= 4 is 46.1 Å². The summed E-state index contributed by atoms with van der Waals surface area (Å²) in [4.78, 5) is 42.6. The van der Waals surface area contributed by atoms with Gasteiger partial charge in [-0.25, -0.2) is 4.90 Å². The number of carbonyl (C=O) groups excluding carboxylic acids is 3. The molecule has 0 radical (unpaired) electrons. The standard InChI is InChI=1S/C25H21N3O4/c1-26(2)22-14-17(10-12-21(22)27(3)15-30)28-24(31)19-8-4-7-18-16(6-5-13-29)9-11-20(23(18)19)25(28)32/h4,7-12,14-15,29H,13H2,1-3H3. The summed E-state index contributed by atoms with van der Waals surface area (Å²) in [5.41, 5.74) is 3.22. The SMILES string of the molecule is CN(C)c1cc(N2C(=O)c3cccc4c(C#CCO)ccc(c34)C2=O)ccc1N(C)C=O. The van der Waals surface area contributed by atoms with Gasteiger partial charge in [0, 0.05) is 43.2 Å². The molecule has 0 spiro atoms. The van der Waals surface area contributed by atoms with Gasteiger partial charge in [0.25, 0.3) is 11.8 Å². The van der Waals surface area contributed by atoms with Crippen molar-refractivity contribution < 1.29 is 19.5 Å². The summed E-state index contributed by atoms with van der Waals surface area (Å²) >= 11 is 0. The predicted octanol–water partition coefficient (Wildman–Crippen LogP) is 2.64. The normalized spacial score (nSPS) is 12.4. The van der Waals surface area contributed by atoms with Crippen molar-refractivity contribution in [3.05, 3.63) is 65.2 Å². The van der Waals surface area contributed by atoms with Crippen LogP contribution in [0.3, 0.4) is 0 Å². The van der Waals surface area contributed by atoms with Crippen molar-refractivity contribution in [1.29, 1.82) is 0 Å². The van der Waals surface area contributed by atoms with Crippen LogP contribution in [0.25, 0.3) is 10.8 Å². The van der Waals surface area contributed by atoms with Gasteiger partial charge in [0.1, 0.15) is 6.61 Å². The third kappa shape index (κ3) is 3.27. The molecule has 4 rings (SSSR count). The molecule has 3 aromatic carbocycles. The maximum Gasteiger partial charge on any atom is 0.265 e. The molecule has 0 bridgehead atoms. The maximum absolute atomic E-state index is 13.4. The van der Waals surface area contributed by atoms with E-state index in [1.165, 1.54) is 4.90 Å². The fraction of sp³-hybridized carbons (Fsp3) is 0.160. The Morgan fingerprint density at radius 3 is 2.34 bits per heavy atom. The summed E-state index contributed by atoms with van der Waals surface area (Å²) in [5.74, 6) is 4.64. The summed E-state index contributed by atoms with van der Waals surface area (Å²) in [6, 6.07) is 13.7. The first kappa shape index (κ1) is 21.1. The Hall–Kier alpha value is -4.15. The minimum Gasteiger partial charge on any atom is -0.384 e. The Labute approximate surface area is 185 Å².